The molecule has 0 N–H and O–H groups in total. The lowest BCUT2D eigenvalue weighted by Gasteiger charge is -2.01. The molecule has 3 atom stereocenters. The first-order valence-corrected chi connectivity index (χ1v) is 10.4. The standard InChI is InChI=1S/C18H27NO3S/c1-3-4-5-6-7-11-14-16(20)18-17(19(18)23(2,21)22)15-12-9-8-10-13-15/h8-10,12-13,17-18H,3-7,11,14H2,1-2H3/t17-,18+,19?/m0/s1. The molecule has 0 bridgehead atoms. The first kappa shape index (κ1) is 18.1. The summed E-state index contributed by atoms with van der Waals surface area (Å²) in [5, 5.41) is 0. The summed E-state index contributed by atoms with van der Waals surface area (Å²) in [5.74, 6) is 0.0553. The first-order chi connectivity index (χ1) is 11.0. The van der Waals surface area contributed by atoms with Crippen molar-refractivity contribution in [2.45, 2.75) is 64.0 Å². The van der Waals surface area contributed by atoms with E-state index >= 15 is 0 Å². The summed E-state index contributed by atoms with van der Waals surface area (Å²) in [4.78, 5) is 12.4. The smallest absolute Gasteiger partial charge is 0.212 e. The van der Waals surface area contributed by atoms with Gasteiger partial charge in [0.25, 0.3) is 0 Å². The molecule has 1 aromatic carbocycles. The molecule has 1 fully saturated rings. The second-order valence-corrected chi connectivity index (χ2v) is 8.27. The van der Waals surface area contributed by atoms with E-state index in [-0.39, 0.29) is 11.8 Å². The summed E-state index contributed by atoms with van der Waals surface area (Å²) < 4.78 is 25.2. The number of benzene rings is 1. The van der Waals surface area contributed by atoms with Gasteiger partial charge in [0.05, 0.1) is 12.3 Å². The molecule has 1 saturated heterocycles. The summed E-state index contributed by atoms with van der Waals surface area (Å²) in [7, 11) is -3.35. The number of nitrogens with zero attached hydrogens (tertiary/aromatic N) is 1. The SMILES string of the molecule is CCCCCCCCC(=O)[C@@H]1[C@H](c2ccccc2)N1S(C)(=O)=O. The predicted molar refractivity (Wildman–Crippen MR) is 92.7 cm³/mol. The highest BCUT2D eigenvalue weighted by atomic mass is 32.2. The number of rotatable bonds is 10. The quantitative estimate of drug-likeness (QED) is 0.483. The van der Waals surface area contributed by atoms with Crippen molar-refractivity contribution < 1.29 is 13.2 Å². The maximum Gasteiger partial charge on any atom is 0.212 e. The van der Waals surface area contributed by atoms with E-state index < -0.39 is 16.1 Å². The van der Waals surface area contributed by atoms with Crippen LogP contribution in [0.2, 0.25) is 0 Å². The van der Waals surface area contributed by atoms with Gasteiger partial charge in [-0.3, -0.25) is 4.79 Å². The maximum absolute atomic E-state index is 12.4. The number of carbonyl (C=O) groups is 1. The Hall–Kier alpha value is -1.20. The van der Waals surface area contributed by atoms with Crippen LogP contribution in [0.15, 0.2) is 30.3 Å². The first-order valence-electron chi connectivity index (χ1n) is 8.53. The third-order valence-corrected chi connectivity index (χ3v) is 5.61. The molecule has 1 unspecified atom stereocenters. The Morgan fingerprint density at radius 3 is 2.26 bits per heavy atom. The zero-order valence-electron chi connectivity index (χ0n) is 14.1. The summed E-state index contributed by atoms with van der Waals surface area (Å²) in [6, 6.07) is 8.63. The molecule has 0 saturated carbocycles. The normalized spacial score (nSPS) is 23.7. The van der Waals surface area contributed by atoms with Crippen molar-refractivity contribution in [3.05, 3.63) is 35.9 Å². The van der Waals surface area contributed by atoms with Crippen LogP contribution >= 0.6 is 0 Å². The Morgan fingerprint density at radius 2 is 1.65 bits per heavy atom. The van der Waals surface area contributed by atoms with Gasteiger partial charge in [-0.25, -0.2) is 8.42 Å². The van der Waals surface area contributed by atoms with Crippen LogP contribution in [0.4, 0.5) is 0 Å². The van der Waals surface area contributed by atoms with E-state index in [0.717, 1.165) is 24.8 Å². The second kappa shape index (κ2) is 8.06. The van der Waals surface area contributed by atoms with Gasteiger partial charge in [-0.05, 0) is 12.0 Å². The largest absolute Gasteiger partial charge is 0.298 e. The minimum absolute atomic E-state index is 0.0553. The average Bonchev–Trinajstić information content (AvgIpc) is 3.27. The molecule has 0 aromatic heterocycles. The Labute approximate surface area is 139 Å². The summed E-state index contributed by atoms with van der Waals surface area (Å²) >= 11 is 0. The van der Waals surface area contributed by atoms with E-state index in [0.29, 0.717) is 6.42 Å². The minimum Gasteiger partial charge on any atom is -0.298 e. The van der Waals surface area contributed by atoms with Crippen molar-refractivity contribution >= 4 is 15.8 Å². The Kier molecular flexibility index (Phi) is 6.36. The molecule has 1 aliphatic heterocycles. The number of unbranched alkanes of at least 4 members (excludes halogenated alkanes) is 5. The number of ketones is 1. The van der Waals surface area contributed by atoms with E-state index in [1.807, 2.05) is 30.3 Å². The lowest BCUT2D eigenvalue weighted by atomic mass is 10.0. The van der Waals surface area contributed by atoms with Gasteiger partial charge in [-0.15, -0.1) is 0 Å². The molecule has 1 aliphatic rings. The highest BCUT2D eigenvalue weighted by molar-refractivity contribution is 7.88. The van der Waals surface area contributed by atoms with Gasteiger partial charge in [-0.1, -0.05) is 69.4 Å². The van der Waals surface area contributed by atoms with E-state index in [4.69, 9.17) is 0 Å². The van der Waals surface area contributed by atoms with Crippen LogP contribution in [0.1, 0.15) is 63.5 Å². The Bertz CT molecular complexity index is 612. The van der Waals surface area contributed by atoms with Gasteiger partial charge in [-0.2, -0.15) is 4.31 Å². The van der Waals surface area contributed by atoms with Crippen molar-refractivity contribution in [2.24, 2.45) is 0 Å². The molecule has 0 amide bonds. The van der Waals surface area contributed by atoms with Crippen LogP contribution in [-0.4, -0.2) is 30.8 Å². The van der Waals surface area contributed by atoms with Gasteiger partial charge in [0.2, 0.25) is 10.0 Å². The summed E-state index contributed by atoms with van der Waals surface area (Å²) in [5.41, 5.74) is 0.902. The lowest BCUT2D eigenvalue weighted by molar-refractivity contribution is -0.119. The molecule has 0 radical (unpaired) electrons. The van der Waals surface area contributed by atoms with Crippen molar-refractivity contribution in [2.75, 3.05) is 6.26 Å². The minimum atomic E-state index is -3.35. The summed E-state index contributed by atoms with van der Waals surface area (Å²) in [6.45, 7) is 2.18. The molecule has 23 heavy (non-hydrogen) atoms. The third kappa shape index (κ3) is 4.88. The Morgan fingerprint density at radius 1 is 1.04 bits per heavy atom. The van der Waals surface area contributed by atoms with E-state index in [1.165, 1.54) is 29.8 Å². The van der Waals surface area contributed by atoms with Crippen LogP contribution in [0.3, 0.4) is 0 Å². The molecule has 0 spiro atoms. The van der Waals surface area contributed by atoms with Gasteiger partial charge in [0.1, 0.15) is 6.04 Å². The zero-order valence-corrected chi connectivity index (χ0v) is 14.9. The fourth-order valence-electron chi connectivity index (χ4n) is 3.15. The highest BCUT2D eigenvalue weighted by Crippen LogP contribution is 2.46. The molecule has 1 aromatic rings. The van der Waals surface area contributed by atoms with Crippen LogP contribution in [0, 0.1) is 0 Å². The predicted octanol–water partition coefficient (Wildman–Crippen LogP) is 3.69. The third-order valence-electron chi connectivity index (χ3n) is 4.39. The van der Waals surface area contributed by atoms with Crippen LogP contribution in [0.25, 0.3) is 0 Å². The van der Waals surface area contributed by atoms with Crippen molar-refractivity contribution in [1.29, 1.82) is 0 Å². The Balaban J connectivity index is 1.90. The van der Waals surface area contributed by atoms with Crippen molar-refractivity contribution in [3.63, 3.8) is 0 Å². The van der Waals surface area contributed by atoms with Crippen LogP contribution in [-0.2, 0) is 14.8 Å². The second-order valence-electron chi connectivity index (χ2n) is 6.38. The van der Waals surface area contributed by atoms with E-state index in [1.54, 1.807) is 0 Å². The molecule has 128 valence electrons. The van der Waals surface area contributed by atoms with Gasteiger partial charge in [0, 0.05) is 6.42 Å². The monoisotopic (exact) mass is 337 g/mol. The zero-order chi connectivity index (χ0) is 16.9. The van der Waals surface area contributed by atoms with Gasteiger partial charge >= 0.3 is 0 Å². The number of hydrogen-bond acceptors (Lipinski definition) is 3. The topological polar surface area (TPSA) is 54.2 Å². The number of carbonyl (C=O) groups excluding carboxylic acids is 1. The van der Waals surface area contributed by atoms with E-state index in [9.17, 15) is 13.2 Å². The van der Waals surface area contributed by atoms with Crippen LogP contribution < -0.4 is 0 Å². The number of Topliss-reactive ketones (excluding diaryl/α,β-unsaturated/α-hetero) is 1. The fraction of sp³-hybridized carbons (Fsp3) is 0.611. The van der Waals surface area contributed by atoms with Crippen molar-refractivity contribution in [3.8, 4) is 0 Å². The van der Waals surface area contributed by atoms with Gasteiger partial charge < -0.3 is 0 Å². The summed E-state index contributed by atoms with van der Waals surface area (Å²) in [6.07, 6.45) is 8.40. The average molecular weight is 337 g/mol. The molecule has 2 rings (SSSR count). The van der Waals surface area contributed by atoms with Gasteiger partial charge in [0.15, 0.2) is 5.78 Å². The molecule has 5 heteroatoms. The van der Waals surface area contributed by atoms with E-state index in [2.05, 4.69) is 6.92 Å². The number of sulfonamides is 1. The molecular weight excluding hydrogens is 310 g/mol. The fourth-order valence-corrected chi connectivity index (χ4v) is 4.39. The molecule has 1 heterocycles. The number of hydrogen-bond donors (Lipinski definition) is 0. The maximum atomic E-state index is 12.4. The highest BCUT2D eigenvalue weighted by Gasteiger charge is 2.57. The lowest BCUT2D eigenvalue weighted by Crippen LogP contribution is -2.17. The molecule has 0 aliphatic carbocycles. The van der Waals surface area contributed by atoms with Crippen molar-refractivity contribution in [1.82, 2.24) is 4.31 Å². The van der Waals surface area contributed by atoms with Crippen LogP contribution in [0.5, 0.6) is 0 Å². The molecule has 4 nitrogen and oxygen atoms in total. The molecular formula is C18H27NO3S.